The number of thiol groups is 1. The van der Waals surface area contributed by atoms with Crippen molar-refractivity contribution in [3.8, 4) is 11.6 Å². The number of rotatable bonds is 9. The minimum absolute atomic E-state index is 0.00538. The number of ether oxygens (including phenoxy) is 1. The molecule has 7 rings (SSSR count). The molecular weight excluding hydrogens is 987 g/mol. The molecule has 0 spiro atoms. The Kier molecular flexibility index (Phi) is 14.2. The van der Waals surface area contributed by atoms with E-state index in [1.54, 1.807) is 35.3 Å². The third-order valence-corrected chi connectivity index (χ3v) is 10.4. The number of hydrogen-bond donors (Lipinski definition) is 1. The highest BCUT2D eigenvalue weighted by molar-refractivity contribution is 7.80. The fourth-order valence-corrected chi connectivity index (χ4v) is 7.20. The third kappa shape index (κ3) is 8.22. The zero-order valence-corrected chi connectivity index (χ0v) is 33.3. The normalized spacial score (nSPS) is 11.4. The number of halogens is 20. The fraction of sp³-hybridized carbons (Fsp3) is 0.0238. The second-order valence-corrected chi connectivity index (χ2v) is 14.2. The number of ketones is 1. The summed E-state index contributed by atoms with van der Waals surface area (Å²) in [6.45, 7) is 0.177. The summed E-state index contributed by atoms with van der Waals surface area (Å²) in [4.78, 5) is 17.2. The van der Waals surface area contributed by atoms with Crippen LogP contribution in [-0.4, -0.2) is 16.9 Å². The summed E-state index contributed by atoms with van der Waals surface area (Å²) < 4.78 is 302. The van der Waals surface area contributed by atoms with E-state index in [2.05, 4.69) is 17.6 Å². The first kappa shape index (κ1) is 50.3. The minimum atomic E-state index is -7.22. The van der Waals surface area contributed by atoms with Crippen LogP contribution in [0.15, 0.2) is 78.1 Å². The molecule has 0 saturated heterocycles. The van der Waals surface area contributed by atoms with Crippen molar-refractivity contribution in [3.63, 3.8) is 0 Å². The number of benzene rings is 6. The van der Waals surface area contributed by atoms with E-state index < -0.39 is 144 Å². The average molecular weight is 1000 g/mol. The first-order valence-electron chi connectivity index (χ1n) is 18.0. The van der Waals surface area contributed by atoms with E-state index in [-0.39, 0.29) is 12.3 Å². The first-order chi connectivity index (χ1) is 31.9. The number of aromatic nitrogens is 2. The van der Waals surface area contributed by atoms with Gasteiger partial charge in [-0.25, -0.2) is 92.8 Å². The molecule has 26 heteroatoms. The van der Waals surface area contributed by atoms with Crippen LogP contribution in [0.25, 0.3) is 0 Å². The summed E-state index contributed by atoms with van der Waals surface area (Å²) in [7, 11) is 0. The van der Waals surface area contributed by atoms with Crippen molar-refractivity contribution in [2.45, 2.75) is 11.4 Å². The zero-order valence-electron chi connectivity index (χ0n) is 32.4. The number of carbonyl (C=O) groups is 1. The smallest absolute Gasteiger partial charge is 0.392 e. The van der Waals surface area contributed by atoms with E-state index in [0.29, 0.717) is 17.2 Å². The Morgan fingerprint density at radius 2 is 0.765 bits per heavy atom. The Bertz CT molecular complexity index is 2800. The van der Waals surface area contributed by atoms with Crippen LogP contribution >= 0.6 is 12.6 Å². The highest BCUT2D eigenvalue weighted by Crippen LogP contribution is 2.31. The van der Waals surface area contributed by atoms with Gasteiger partial charge in [0.2, 0.25) is 12.3 Å². The van der Waals surface area contributed by atoms with Gasteiger partial charge >= 0.3 is 5.88 Å². The Hall–Kier alpha value is -7.12. The van der Waals surface area contributed by atoms with Gasteiger partial charge in [0.05, 0.1) is 6.20 Å². The molecule has 0 radical (unpaired) electrons. The monoisotopic (exact) mass is 1000 g/mol. The maximum absolute atomic E-state index is 15.4. The summed E-state index contributed by atoms with van der Waals surface area (Å²) in [6, 6.07) is 16.6. The van der Waals surface area contributed by atoms with Crippen LogP contribution in [-0.2, 0) is 6.54 Å². The SMILES string of the molecule is Fc1c(F)c(F)c([B-](c2c(F)c(F)c(F)c(F)c2F)(c2c(F)c(F)c(F)c(F)c2F)c2c(F)c(F)c(F)c(F)c2F)c(F)c1F.O=C(C[n+]1ccncc1Oc1ccccc1S)c1ccccc1. The van der Waals surface area contributed by atoms with Gasteiger partial charge in [0.25, 0.3) is 0 Å². The predicted octanol–water partition coefficient (Wildman–Crippen LogP) is 9.18. The molecule has 4 nitrogen and oxygen atoms in total. The number of carbonyl (C=O) groups excluding carboxylic acids is 1. The molecule has 68 heavy (non-hydrogen) atoms. The van der Waals surface area contributed by atoms with E-state index in [0.717, 1.165) is 4.90 Å². The molecule has 354 valence electrons. The molecule has 0 aliphatic rings. The maximum Gasteiger partial charge on any atom is 0.392 e. The van der Waals surface area contributed by atoms with E-state index >= 15 is 35.1 Å². The van der Waals surface area contributed by atoms with Gasteiger partial charge in [-0.05, 0) is 12.1 Å². The second kappa shape index (κ2) is 19.2. The van der Waals surface area contributed by atoms with Crippen LogP contribution in [0.5, 0.6) is 11.6 Å². The van der Waals surface area contributed by atoms with Gasteiger partial charge in [0, 0.05) is 10.5 Å². The van der Waals surface area contributed by atoms with Crippen molar-refractivity contribution in [1.29, 1.82) is 0 Å². The molecule has 0 N–H and O–H groups in total. The molecule has 0 unspecified atom stereocenters. The molecule has 0 aliphatic carbocycles. The highest BCUT2D eigenvalue weighted by Gasteiger charge is 2.52. The lowest BCUT2D eigenvalue weighted by atomic mass is 9.12. The molecule has 0 amide bonds. The van der Waals surface area contributed by atoms with Crippen LogP contribution < -0.4 is 31.2 Å². The Morgan fingerprint density at radius 1 is 0.456 bits per heavy atom. The van der Waals surface area contributed by atoms with Gasteiger partial charge in [-0.3, -0.25) is 4.79 Å². The van der Waals surface area contributed by atoms with E-state index in [1.807, 2.05) is 42.5 Å². The van der Waals surface area contributed by atoms with E-state index in [1.165, 1.54) is 0 Å². The van der Waals surface area contributed by atoms with Crippen molar-refractivity contribution in [2.24, 2.45) is 0 Å². The van der Waals surface area contributed by atoms with Gasteiger partial charge in [0.1, 0.15) is 64.6 Å². The lowest BCUT2D eigenvalue weighted by Gasteiger charge is -2.44. The van der Waals surface area contributed by atoms with Gasteiger partial charge in [-0.15, -0.1) is 34.5 Å². The quantitative estimate of drug-likeness (QED) is 0.0299. The molecule has 6 aromatic carbocycles. The summed E-state index contributed by atoms with van der Waals surface area (Å²) >= 11 is 4.37. The lowest BCUT2D eigenvalue weighted by molar-refractivity contribution is -0.687. The maximum atomic E-state index is 15.4. The van der Waals surface area contributed by atoms with E-state index in [9.17, 15) is 57.5 Å². The Morgan fingerprint density at radius 3 is 1.10 bits per heavy atom. The molecule has 0 atom stereocenters. The summed E-state index contributed by atoms with van der Waals surface area (Å²) in [5.41, 5.74) is -13.7. The number of hydrogen-bond acceptors (Lipinski definition) is 4. The number of Topliss-reactive ketones (excluding diaryl/α,β-unsaturated/α-hetero) is 1. The predicted molar refractivity (Wildman–Crippen MR) is 198 cm³/mol. The Labute approximate surface area is 371 Å². The van der Waals surface area contributed by atoms with Gasteiger partial charge < -0.3 is 4.74 Å². The number of para-hydroxylation sites is 1. The van der Waals surface area contributed by atoms with Gasteiger partial charge in [-0.1, -0.05) is 42.5 Å². The van der Waals surface area contributed by atoms with Gasteiger partial charge in [0.15, 0.2) is 76.0 Å². The topological polar surface area (TPSA) is 43.1 Å². The zero-order chi connectivity index (χ0) is 50.4. The number of nitrogens with zero attached hydrogens (tertiary/aromatic N) is 2. The highest BCUT2D eigenvalue weighted by atomic mass is 32.1. The summed E-state index contributed by atoms with van der Waals surface area (Å²) in [5, 5.41) is 0. The molecule has 0 bridgehead atoms. The van der Waals surface area contributed by atoms with Gasteiger partial charge in [-0.2, -0.15) is 4.57 Å². The van der Waals surface area contributed by atoms with E-state index in [4.69, 9.17) is 4.74 Å². The van der Waals surface area contributed by atoms with Crippen molar-refractivity contribution in [2.75, 3.05) is 0 Å². The first-order valence-corrected chi connectivity index (χ1v) is 18.5. The molecule has 1 heterocycles. The molecule has 0 fully saturated rings. The third-order valence-electron chi connectivity index (χ3n) is 10.00. The average Bonchev–Trinajstić information content (AvgIpc) is 3.33. The molecule has 7 aromatic rings. The minimum Gasteiger partial charge on any atom is -0.403 e. The molecular formula is C42H15BF20N2O2S. The second-order valence-electron chi connectivity index (χ2n) is 13.7. The standard InChI is InChI=1S/C24BF20.C18H14N2O2S/c26-5-1(6(27)14(35)21(42)13(5)34)25(2-7(28)15(36)22(43)16(37)8(2)29,3-9(30)17(38)23(44)18(39)10(3)31)4-11(32)19(40)24(45)20(41)12(4)33;21-15(14-6-2-1-3-7-14)13-20-11-10-19-12-18(20)22-16-8-4-5-9-17(16)23/h;1-12H,13H2/q-1;/p+1. The molecule has 0 saturated carbocycles. The largest absolute Gasteiger partial charge is 0.403 e. The van der Waals surface area contributed by atoms with Crippen LogP contribution in [0.2, 0.25) is 0 Å². The lowest BCUT2D eigenvalue weighted by Crippen LogP contribution is -2.81. The molecule has 1 aromatic heterocycles. The summed E-state index contributed by atoms with van der Waals surface area (Å²) in [6.07, 6.45) is -2.29. The van der Waals surface area contributed by atoms with Crippen LogP contribution in [0.1, 0.15) is 10.4 Å². The van der Waals surface area contributed by atoms with Crippen molar-refractivity contribution >= 4 is 46.4 Å². The van der Waals surface area contributed by atoms with Crippen molar-refractivity contribution < 1.29 is 102 Å². The van der Waals surface area contributed by atoms with Crippen molar-refractivity contribution in [3.05, 3.63) is 195 Å². The van der Waals surface area contributed by atoms with Crippen LogP contribution in [0.3, 0.4) is 0 Å². The summed E-state index contributed by atoms with van der Waals surface area (Å²) in [5.74, 6) is -70.3. The Balaban J connectivity index is 0.000000276. The fourth-order valence-electron chi connectivity index (χ4n) is 6.99. The van der Waals surface area contributed by atoms with Crippen LogP contribution in [0.4, 0.5) is 87.8 Å². The van der Waals surface area contributed by atoms with Crippen molar-refractivity contribution in [1.82, 2.24) is 4.98 Å². The molecule has 0 aliphatic heterocycles. The van der Waals surface area contributed by atoms with Crippen LogP contribution in [0, 0.1) is 116 Å².